The number of hydrogen-bond acceptors (Lipinski definition) is 3. The number of hydrogen-bond donors (Lipinski definition) is 0. The number of pyridine rings is 1. The van der Waals surface area contributed by atoms with Gasteiger partial charge in [0.2, 0.25) is 0 Å². The maximum Gasteiger partial charge on any atom is 0.418 e. The Kier molecular flexibility index (Phi) is 4.06. The minimum atomic E-state index is -4.59. The number of fused-ring (bicyclic) bond motifs is 1. The monoisotopic (exact) mass is 350 g/mol. The highest BCUT2D eigenvalue weighted by atomic mass is 19.4. The van der Waals surface area contributed by atoms with E-state index in [0.717, 1.165) is 6.07 Å². The Morgan fingerprint density at radius 1 is 1.08 bits per heavy atom. The van der Waals surface area contributed by atoms with Crippen LogP contribution in [0.1, 0.15) is 5.56 Å². The summed E-state index contributed by atoms with van der Waals surface area (Å²) in [6.45, 7) is -0.478. The van der Waals surface area contributed by atoms with Gasteiger partial charge in [0.25, 0.3) is 0 Å². The van der Waals surface area contributed by atoms with Gasteiger partial charge in [-0.05, 0) is 12.1 Å². The average molecular weight is 350 g/mol. The van der Waals surface area contributed by atoms with E-state index in [-0.39, 0.29) is 29.7 Å². The van der Waals surface area contributed by atoms with Crippen LogP contribution in [0.4, 0.5) is 32.0 Å². The highest BCUT2D eigenvalue weighted by molar-refractivity contribution is 5.93. The topological polar surface area (TPSA) is 25.4 Å². The van der Waals surface area contributed by atoms with Crippen molar-refractivity contribution in [3.05, 3.63) is 36.0 Å². The average Bonchev–Trinajstić information content (AvgIpc) is 2.52. The third-order valence-corrected chi connectivity index (χ3v) is 3.83. The lowest BCUT2D eigenvalue weighted by Gasteiger charge is -2.35. The van der Waals surface area contributed by atoms with E-state index in [9.17, 15) is 26.3 Å². The molecule has 3 rings (SSSR count). The summed E-state index contributed by atoms with van der Waals surface area (Å²) in [7, 11) is 0. The lowest BCUT2D eigenvalue weighted by Crippen LogP contribution is -2.49. The highest BCUT2D eigenvalue weighted by Gasteiger charge is 2.43. The summed E-state index contributed by atoms with van der Waals surface area (Å²) in [6.07, 6.45) is -9.92. The van der Waals surface area contributed by atoms with E-state index in [4.69, 9.17) is 4.74 Å². The number of nitrogens with zero attached hydrogens (tertiary/aromatic N) is 2. The van der Waals surface area contributed by atoms with Crippen molar-refractivity contribution in [2.24, 2.45) is 0 Å². The molecule has 2 heterocycles. The predicted octanol–water partition coefficient (Wildman–Crippen LogP) is 4.02. The van der Waals surface area contributed by atoms with Crippen molar-refractivity contribution in [1.82, 2.24) is 4.98 Å². The Labute approximate surface area is 132 Å². The fourth-order valence-electron chi connectivity index (χ4n) is 2.73. The second kappa shape index (κ2) is 5.80. The number of benzene rings is 1. The zero-order valence-corrected chi connectivity index (χ0v) is 12.2. The van der Waals surface area contributed by atoms with Crippen LogP contribution in [0.15, 0.2) is 30.5 Å². The summed E-state index contributed by atoms with van der Waals surface area (Å²) in [5.74, 6) is 0. The van der Waals surface area contributed by atoms with Crippen LogP contribution in [-0.4, -0.2) is 37.0 Å². The van der Waals surface area contributed by atoms with Crippen LogP contribution in [0, 0.1) is 0 Å². The second-order valence-corrected chi connectivity index (χ2v) is 5.38. The van der Waals surface area contributed by atoms with E-state index in [1.807, 2.05) is 0 Å². The van der Waals surface area contributed by atoms with Gasteiger partial charge < -0.3 is 9.64 Å². The Bertz CT molecular complexity index is 743. The normalized spacial score (nSPS) is 19.8. The molecule has 1 aromatic carbocycles. The molecule has 1 atom stereocenters. The Hall–Kier alpha value is -2.03. The van der Waals surface area contributed by atoms with Crippen LogP contribution in [0.3, 0.4) is 0 Å². The molecule has 3 nitrogen and oxygen atoms in total. The second-order valence-electron chi connectivity index (χ2n) is 5.38. The molecule has 0 amide bonds. The van der Waals surface area contributed by atoms with Gasteiger partial charge in [-0.3, -0.25) is 4.98 Å². The molecule has 0 unspecified atom stereocenters. The molecule has 130 valence electrons. The minimum absolute atomic E-state index is 0.155. The first-order valence-electron chi connectivity index (χ1n) is 7.06. The van der Waals surface area contributed by atoms with Crippen LogP contribution in [-0.2, 0) is 10.9 Å². The van der Waals surface area contributed by atoms with E-state index in [1.165, 1.54) is 29.3 Å². The molecule has 1 aromatic heterocycles. The van der Waals surface area contributed by atoms with Gasteiger partial charge in [-0.1, -0.05) is 12.1 Å². The minimum Gasteiger partial charge on any atom is -0.366 e. The number of aromatic nitrogens is 1. The number of ether oxygens (including phenoxy) is 1. The first-order valence-corrected chi connectivity index (χ1v) is 7.06. The molecule has 2 aromatic rings. The van der Waals surface area contributed by atoms with Gasteiger partial charge in [-0.2, -0.15) is 26.3 Å². The van der Waals surface area contributed by atoms with Gasteiger partial charge >= 0.3 is 12.4 Å². The van der Waals surface area contributed by atoms with Crippen LogP contribution >= 0.6 is 0 Å². The summed E-state index contributed by atoms with van der Waals surface area (Å²) in [4.78, 5) is 5.15. The van der Waals surface area contributed by atoms with Gasteiger partial charge in [0.15, 0.2) is 6.10 Å². The first-order chi connectivity index (χ1) is 11.2. The maximum atomic E-state index is 13.1. The molecule has 9 heteroatoms. The van der Waals surface area contributed by atoms with E-state index in [0.29, 0.717) is 0 Å². The Morgan fingerprint density at radius 2 is 1.83 bits per heavy atom. The van der Waals surface area contributed by atoms with Crippen molar-refractivity contribution in [3.8, 4) is 0 Å². The van der Waals surface area contributed by atoms with Gasteiger partial charge in [-0.15, -0.1) is 0 Å². The molecule has 0 aliphatic carbocycles. The summed E-state index contributed by atoms with van der Waals surface area (Å²) < 4.78 is 82.5. The quantitative estimate of drug-likeness (QED) is 0.727. The Morgan fingerprint density at radius 3 is 2.50 bits per heavy atom. The van der Waals surface area contributed by atoms with Gasteiger partial charge in [0.05, 0.1) is 24.2 Å². The van der Waals surface area contributed by atoms with Gasteiger partial charge in [0, 0.05) is 23.8 Å². The molecule has 24 heavy (non-hydrogen) atoms. The number of anilines is 1. The third kappa shape index (κ3) is 3.12. The van der Waals surface area contributed by atoms with E-state index >= 15 is 0 Å². The van der Waals surface area contributed by atoms with E-state index in [1.54, 1.807) is 0 Å². The number of rotatable bonds is 1. The number of alkyl halides is 6. The first kappa shape index (κ1) is 16.8. The molecule has 1 aliphatic heterocycles. The van der Waals surface area contributed by atoms with Crippen molar-refractivity contribution >= 4 is 16.6 Å². The fourth-order valence-corrected chi connectivity index (χ4v) is 2.73. The predicted molar refractivity (Wildman–Crippen MR) is 74.8 cm³/mol. The molecular weight excluding hydrogens is 338 g/mol. The zero-order valence-electron chi connectivity index (χ0n) is 12.2. The summed E-state index contributed by atoms with van der Waals surface area (Å²) in [5, 5.41) is 0.162. The molecular formula is C15H12F6N2O. The summed E-state index contributed by atoms with van der Waals surface area (Å²) in [6, 6.07) is 4.96. The van der Waals surface area contributed by atoms with Gasteiger partial charge in [-0.25, -0.2) is 0 Å². The largest absolute Gasteiger partial charge is 0.418 e. The van der Waals surface area contributed by atoms with Crippen molar-refractivity contribution < 1.29 is 31.1 Å². The van der Waals surface area contributed by atoms with Crippen molar-refractivity contribution in [2.75, 3.05) is 24.6 Å². The summed E-state index contributed by atoms with van der Waals surface area (Å²) in [5.41, 5.74) is -0.913. The molecule has 1 aliphatic rings. The van der Waals surface area contributed by atoms with Crippen molar-refractivity contribution in [3.63, 3.8) is 0 Å². The lowest BCUT2D eigenvalue weighted by atomic mass is 10.1. The zero-order chi connectivity index (χ0) is 17.5. The van der Waals surface area contributed by atoms with Crippen molar-refractivity contribution in [1.29, 1.82) is 0 Å². The van der Waals surface area contributed by atoms with Crippen LogP contribution in [0.2, 0.25) is 0 Å². The molecule has 0 saturated carbocycles. The standard InChI is InChI=1S/C15H12F6N2O/c16-14(17,18)10-3-1-2-9-11(4-5-22-13(9)10)23-6-7-24-12(8-23)15(19,20)21/h1-5,12H,6-8H2/t12-/m0/s1. The maximum absolute atomic E-state index is 13.1. The lowest BCUT2D eigenvalue weighted by molar-refractivity contribution is -0.221. The highest BCUT2D eigenvalue weighted by Crippen LogP contribution is 2.37. The molecule has 1 fully saturated rings. The third-order valence-electron chi connectivity index (χ3n) is 3.83. The van der Waals surface area contributed by atoms with Gasteiger partial charge in [0.1, 0.15) is 0 Å². The molecule has 1 saturated heterocycles. The SMILES string of the molecule is FC(F)(F)c1cccc2c(N3CCO[C@H](C(F)(F)F)C3)ccnc12. The molecule has 0 N–H and O–H groups in total. The number of morpholine rings is 1. The summed E-state index contributed by atoms with van der Waals surface area (Å²) >= 11 is 0. The van der Waals surface area contributed by atoms with Crippen molar-refractivity contribution in [2.45, 2.75) is 18.5 Å². The van der Waals surface area contributed by atoms with E-state index in [2.05, 4.69) is 4.98 Å². The van der Waals surface area contributed by atoms with Crippen LogP contribution in [0.25, 0.3) is 10.9 Å². The number of para-hydroxylation sites is 1. The van der Waals surface area contributed by atoms with Crippen LogP contribution < -0.4 is 4.90 Å². The molecule has 0 spiro atoms. The smallest absolute Gasteiger partial charge is 0.366 e. The fraction of sp³-hybridized carbons (Fsp3) is 0.400. The Balaban J connectivity index is 2.04. The molecule has 0 radical (unpaired) electrons. The molecule has 0 bridgehead atoms. The van der Waals surface area contributed by atoms with E-state index < -0.39 is 30.6 Å². The van der Waals surface area contributed by atoms with Crippen LogP contribution in [0.5, 0.6) is 0 Å². The number of halogens is 6.